The molecule has 1 N–H and O–H groups in total. The predicted molar refractivity (Wildman–Crippen MR) is 84.3 cm³/mol. The molecule has 0 radical (unpaired) electrons. The van der Waals surface area contributed by atoms with Crippen molar-refractivity contribution in [3.63, 3.8) is 0 Å². The van der Waals surface area contributed by atoms with E-state index in [1.807, 2.05) is 30.3 Å². The lowest BCUT2D eigenvalue weighted by atomic mass is 10.2. The molecule has 1 saturated heterocycles. The third-order valence-corrected chi connectivity index (χ3v) is 4.45. The molecule has 0 saturated carbocycles. The van der Waals surface area contributed by atoms with Gasteiger partial charge in [-0.05, 0) is 45.6 Å². The summed E-state index contributed by atoms with van der Waals surface area (Å²) in [7, 11) is 4.25. The lowest BCUT2D eigenvalue weighted by Crippen LogP contribution is -2.38. The van der Waals surface area contributed by atoms with E-state index in [1.54, 1.807) is 0 Å². The predicted octanol–water partition coefficient (Wildman–Crippen LogP) is 2.49. The summed E-state index contributed by atoms with van der Waals surface area (Å²) in [6.45, 7) is 2.78. The second-order valence-electron chi connectivity index (χ2n) is 6.20. The van der Waals surface area contributed by atoms with Gasteiger partial charge in [-0.15, -0.1) is 0 Å². The molecule has 0 bridgehead atoms. The van der Waals surface area contributed by atoms with E-state index in [0.717, 1.165) is 17.5 Å². The fraction of sp³-hybridized carbons (Fsp3) is 0.529. The summed E-state index contributed by atoms with van der Waals surface area (Å²) < 4.78 is 5.73. The van der Waals surface area contributed by atoms with E-state index < -0.39 is 6.10 Å². The van der Waals surface area contributed by atoms with Crippen molar-refractivity contribution in [3.05, 3.63) is 36.1 Å². The fourth-order valence-electron chi connectivity index (χ4n) is 3.20. The molecule has 114 valence electrons. The number of hydrogen-bond acceptors (Lipinski definition) is 4. The van der Waals surface area contributed by atoms with Crippen LogP contribution in [0.25, 0.3) is 11.0 Å². The van der Waals surface area contributed by atoms with Gasteiger partial charge in [0.1, 0.15) is 17.4 Å². The summed E-state index contributed by atoms with van der Waals surface area (Å²) in [4.78, 5) is 4.61. The Labute approximate surface area is 125 Å². The van der Waals surface area contributed by atoms with Crippen molar-refractivity contribution in [1.29, 1.82) is 0 Å². The van der Waals surface area contributed by atoms with E-state index >= 15 is 0 Å². The molecule has 2 unspecified atom stereocenters. The maximum absolute atomic E-state index is 10.4. The Kier molecular flexibility index (Phi) is 4.29. The first-order chi connectivity index (χ1) is 10.1. The van der Waals surface area contributed by atoms with Crippen molar-refractivity contribution in [2.24, 2.45) is 0 Å². The second-order valence-corrected chi connectivity index (χ2v) is 6.20. The highest BCUT2D eigenvalue weighted by atomic mass is 16.4. The van der Waals surface area contributed by atoms with Crippen molar-refractivity contribution >= 4 is 11.0 Å². The van der Waals surface area contributed by atoms with Gasteiger partial charge in [-0.2, -0.15) is 0 Å². The third-order valence-electron chi connectivity index (χ3n) is 4.45. The molecule has 2 heterocycles. The summed E-state index contributed by atoms with van der Waals surface area (Å²) in [5.41, 5.74) is 0.838. The van der Waals surface area contributed by atoms with Gasteiger partial charge >= 0.3 is 0 Å². The number of fused-ring (bicyclic) bond motifs is 1. The highest BCUT2D eigenvalue weighted by Gasteiger charge is 2.23. The van der Waals surface area contributed by atoms with E-state index in [1.165, 1.54) is 19.4 Å². The second kappa shape index (κ2) is 6.18. The fourth-order valence-corrected chi connectivity index (χ4v) is 3.20. The van der Waals surface area contributed by atoms with Crippen LogP contribution in [0.5, 0.6) is 0 Å². The van der Waals surface area contributed by atoms with Gasteiger partial charge < -0.3 is 19.3 Å². The minimum Gasteiger partial charge on any atom is -0.458 e. The van der Waals surface area contributed by atoms with Crippen LogP contribution in [0.15, 0.2) is 34.7 Å². The Balaban J connectivity index is 1.61. The van der Waals surface area contributed by atoms with Crippen LogP contribution in [-0.2, 0) is 0 Å². The molecule has 1 aliphatic heterocycles. The number of aliphatic hydroxyl groups excluding tert-OH is 1. The van der Waals surface area contributed by atoms with Gasteiger partial charge in [-0.25, -0.2) is 0 Å². The van der Waals surface area contributed by atoms with Gasteiger partial charge in [-0.1, -0.05) is 18.2 Å². The molecular formula is C17H24N2O2. The van der Waals surface area contributed by atoms with Crippen LogP contribution in [0, 0.1) is 0 Å². The summed E-state index contributed by atoms with van der Waals surface area (Å²) in [6.07, 6.45) is 1.96. The van der Waals surface area contributed by atoms with Crippen LogP contribution in [0.3, 0.4) is 0 Å². The molecule has 1 aliphatic rings. The van der Waals surface area contributed by atoms with Gasteiger partial charge in [0.05, 0.1) is 0 Å². The Bertz CT molecular complexity index is 562. The zero-order chi connectivity index (χ0) is 14.8. The van der Waals surface area contributed by atoms with E-state index in [4.69, 9.17) is 4.42 Å². The largest absolute Gasteiger partial charge is 0.458 e. The van der Waals surface area contributed by atoms with Crippen molar-refractivity contribution < 1.29 is 9.52 Å². The average molecular weight is 288 g/mol. The Hall–Kier alpha value is -1.36. The highest BCUT2D eigenvalue weighted by Crippen LogP contribution is 2.24. The minimum atomic E-state index is -0.575. The number of nitrogens with zero attached hydrogens (tertiary/aromatic N) is 2. The molecule has 3 rings (SSSR count). The quantitative estimate of drug-likeness (QED) is 0.917. The molecule has 0 spiro atoms. The Morgan fingerprint density at radius 3 is 2.95 bits per heavy atom. The summed E-state index contributed by atoms with van der Waals surface area (Å²) >= 11 is 0. The molecule has 2 aromatic rings. The van der Waals surface area contributed by atoms with Gasteiger partial charge in [0.2, 0.25) is 0 Å². The van der Waals surface area contributed by atoms with Crippen LogP contribution in [-0.4, -0.2) is 54.7 Å². The first kappa shape index (κ1) is 14.6. The number of furan rings is 1. The lowest BCUT2D eigenvalue weighted by molar-refractivity contribution is 0.0966. The lowest BCUT2D eigenvalue weighted by Gasteiger charge is -2.26. The monoisotopic (exact) mass is 288 g/mol. The zero-order valence-corrected chi connectivity index (χ0v) is 12.8. The number of likely N-dealkylation sites (tertiary alicyclic amines) is 1. The molecule has 1 fully saturated rings. The first-order valence-corrected chi connectivity index (χ1v) is 7.69. The molecule has 1 aromatic heterocycles. The van der Waals surface area contributed by atoms with Crippen LogP contribution < -0.4 is 0 Å². The van der Waals surface area contributed by atoms with Crippen molar-refractivity contribution in [2.45, 2.75) is 25.0 Å². The SMILES string of the molecule is CN(CC(O)c1cc2ccccc2o1)CC1CCCN1C. The van der Waals surface area contributed by atoms with E-state index in [9.17, 15) is 5.11 Å². The molecule has 0 amide bonds. The van der Waals surface area contributed by atoms with Gasteiger partial charge in [-0.3, -0.25) is 0 Å². The molecule has 0 aliphatic carbocycles. The summed E-state index contributed by atoms with van der Waals surface area (Å²) in [5.74, 6) is 0.655. The number of aliphatic hydroxyl groups is 1. The van der Waals surface area contributed by atoms with E-state index in [2.05, 4.69) is 23.9 Å². The van der Waals surface area contributed by atoms with Crippen LogP contribution >= 0.6 is 0 Å². The Morgan fingerprint density at radius 2 is 2.24 bits per heavy atom. The molecule has 4 heteroatoms. The molecule has 4 nitrogen and oxygen atoms in total. The normalized spacial score (nSPS) is 21.4. The molecular weight excluding hydrogens is 264 g/mol. The first-order valence-electron chi connectivity index (χ1n) is 7.69. The highest BCUT2D eigenvalue weighted by molar-refractivity contribution is 5.77. The zero-order valence-electron chi connectivity index (χ0n) is 12.8. The minimum absolute atomic E-state index is 0.575. The van der Waals surface area contributed by atoms with Gasteiger partial charge in [0, 0.05) is 24.5 Å². The standard InChI is InChI=1S/C17H24N2O2/c1-18(11-14-7-5-9-19(14)2)12-15(20)17-10-13-6-3-4-8-16(13)21-17/h3-4,6,8,10,14-15,20H,5,7,9,11-12H2,1-2H3. The van der Waals surface area contributed by atoms with Crippen LogP contribution in [0.4, 0.5) is 0 Å². The van der Waals surface area contributed by atoms with Crippen LogP contribution in [0.2, 0.25) is 0 Å². The average Bonchev–Trinajstić information content (AvgIpc) is 3.05. The summed E-state index contributed by atoms with van der Waals surface area (Å²) in [6, 6.07) is 10.4. The number of rotatable bonds is 5. The smallest absolute Gasteiger partial charge is 0.135 e. The van der Waals surface area contributed by atoms with Gasteiger partial charge in [0.15, 0.2) is 0 Å². The number of para-hydroxylation sites is 1. The topological polar surface area (TPSA) is 39.9 Å². The number of hydrogen-bond donors (Lipinski definition) is 1. The molecule has 21 heavy (non-hydrogen) atoms. The third kappa shape index (κ3) is 3.28. The maximum atomic E-state index is 10.4. The van der Waals surface area contributed by atoms with Crippen LogP contribution in [0.1, 0.15) is 24.7 Å². The maximum Gasteiger partial charge on any atom is 0.135 e. The van der Waals surface area contributed by atoms with Crippen molar-refractivity contribution in [3.8, 4) is 0 Å². The molecule has 1 aromatic carbocycles. The van der Waals surface area contributed by atoms with Crippen molar-refractivity contribution in [1.82, 2.24) is 9.80 Å². The molecule has 2 atom stereocenters. The Morgan fingerprint density at radius 1 is 1.43 bits per heavy atom. The summed E-state index contributed by atoms with van der Waals surface area (Å²) in [5, 5.41) is 11.4. The van der Waals surface area contributed by atoms with Gasteiger partial charge in [0.25, 0.3) is 0 Å². The van der Waals surface area contributed by atoms with E-state index in [-0.39, 0.29) is 0 Å². The number of likely N-dealkylation sites (N-methyl/N-ethyl adjacent to an activating group) is 2. The number of benzene rings is 1. The van der Waals surface area contributed by atoms with Crippen molar-refractivity contribution in [2.75, 3.05) is 33.7 Å². The van der Waals surface area contributed by atoms with E-state index in [0.29, 0.717) is 18.3 Å².